The topological polar surface area (TPSA) is 62.5 Å². The maximum atomic E-state index is 11.9. The van der Waals surface area contributed by atoms with Crippen molar-refractivity contribution in [3.63, 3.8) is 0 Å². The Morgan fingerprint density at radius 1 is 1.50 bits per heavy atom. The molecule has 1 amide bonds. The van der Waals surface area contributed by atoms with E-state index in [1.807, 2.05) is 24.8 Å². The Labute approximate surface area is 124 Å². The van der Waals surface area contributed by atoms with Gasteiger partial charge in [0.1, 0.15) is 17.1 Å². The number of aryl methyl sites for hydroxylation is 1. The van der Waals surface area contributed by atoms with Gasteiger partial charge in [0.15, 0.2) is 0 Å². The van der Waals surface area contributed by atoms with Gasteiger partial charge in [-0.05, 0) is 56.2 Å². The average molecular weight is 297 g/mol. The van der Waals surface area contributed by atoms with Crippen LogP contribution < -0.4 is 5.32 Å². The third kappa shape index (κ3) is 4.28. The van der Waals surface area contributed by atoms with Crippen molar-refractivity contribution in [2.24, 2.45) is 5.92 Å². The molecule has 1 aromatic rings. The van der Waals surface area contributed by atoms with Gasteiger partial charge in [0.05, 0.1) is 6.54 Å². The molecular weight excluding hydrogens is 274 g/mol. The summed E-state index contributed by atoms with van der Waals surface area (Å²) in [6.07, 6.45) is 2.80. The van der Waals surface area contributed by atoms with Gasteiger partial charge in [-0.15, -0.1) is 0 Å². The number of thioether (sulfide) groups is 1. The number of amides is 1. The minimum absolute atomic E-state index is 0.0189. The lowest BCUT2D eigenvalue weighted by Crippen LogP contribution is -2.39. The Morgan fingerprint density at radius 3 is 2.80 bits per heavy atom. The Morgan fingerprint density at radius 2 is 2.20 bits per heavy atom. The lowest BCUT2D eigenvalue weighted by atomic mass is 9.98. The van der Waals surface area contributed by atoms with Gasteiger partial charge in [0.25, 0.3) is 0 Å². The van der Waals surface area contributed by atoms with Crippen LogP contribution in [0.3, 0.4) is 0 Å². The molecule has 0 spiro atoms. The van der Waals surface area contributed by atoms with Crippen molar-refractivity contribution in [2.75, 3.05) is 18.1 Å². The summed E-state index contributed by atoms with van der Waals surface area (Å²) in [4.78, 5) is 11.9. The number of hydrogen-bond acceptors (Lipinski definition) is 4. The van der Waals surface area contributed by atoms with E-state index in [0.717, 1.165) is 30.1 Å². The quantitative estimate of drug-likeness (QED) is 0.876. The molecule has 2 rings (SSSR count). The maximum Gasteiger partial charge on any atom is 0.220 e. The summed E-state index contributed by atoms with van der Waals surface area (Å²) in [5, 5.41) is 13.2. The molecule has 0 aromatic carbocycles. The normalized spacial score (nSPS) is 19.6. The van der Waals surface area contributed by atoms with E-state index in [1.165, 1.54) is 0 Å². The van der Waals surface area contributed by atoms with E-state index in [0.29, 0.717) is 18.1 Å². The second-order valence-electron chi connectivity index (χ2n) is 5.72. The molecule has 5 heteroatoms. The summed E-state index contributed by atoms with van der Waals surface area (Å²) in [6, 6.07) is 3.56. The highest BCUT2D eigenvalue weighted by atomic mass is 32.2. The van der Waals surface area contributed by atoms with Crippen LogP contribution in [0.4, 0.5) is 0 Å². The van der Waals surface area contributed by atoms with Crippen molar-refractivity contribution in [3.05, 3.63) is 23.7 Å². The van der Waals surface area contributed by atoms with Crippen LogP contribution in [0.15, 0.2) is 16.5 Å². The predicted octanol–water partition coefficient (Wildman–Crippen LogP) is 2.45. The fourth-order valence-electron chi connectivity index (χ4n) is 2.37. The number of carbonyl (C=O) groups excluding carboxylic acids is 1. The minimum Gasteiger partial charge on any atom is -0.463 e. The standard InChI is InChI=1S/C15H23NO3S/c1-11-3-4-13(19-11)15(2,18)10-16-14(17)9-12-5-7-20-8-6-12/h3-4,12,18H,5-10H2,1-2H3,(H,16,17). The van der Waals surface area contributed by atoms with Crippen LogP contribution >= 0.6 is 11.8 Å². The van der Waals surface area contributed by atoms with Crippen LogP contribution in [-0.2, 0) is 10.4 Å². The van der Waals surface area contributed by atoms with Gasteiger partial charge in [0, 0.05) is 6.42 Å². The highest BCUT2D eigenvalue weighted by Gasteiger charge is 2.28. The van der Waals surface area contributed by atoms with E-state index in [4.69, 9.17) is 4.42 Å². The number of aliphatic hydroxyl groups is 1. The fourth-order valence-corrected chi connectivity index (χ4v) is 3.57. The van der Waals surface area contributed by atoms with E-state index in [9.17, 15) is 9.90 Å². The monoisotopic (exact) mass is 297 g/mol. The zero-order chi connectivity index (χ0) is 14.6. The van der Waals surface area contributed by atoms with Crippen LogP contribution in [0, 0.1) is 12.8 Å². The summed E-state index contributed by atoms with van der Waals surface area (Å²) < 4.78 is 5.43. The van der Waals surface area contributed by atoms with Gasteiger partial charge < -0.3 is 14.8 Å². The predicted molar refractivity (Wildman–Crippen MR) is 80.7 cm³/mol. The van der Waals surface area contributed by atoms with Gasteiger partial charge in [0.2, 0.25) is 5.91 Å². The molecule has 0 saturated carbocycles. The molecule has 1 fully saturated rings. The van der Waals surface area contributed by atoms with E-state index >= 15 is 0 Å². The first-order chi connectivity index (χ1) is 9.47. The molecule has 1 atom stereocenters. The summed E-state index contributed by atoms with van der Waals surface area (Å²) in [5.74, 6) is 4.07. The number of hydrogen-bond donors (Lipinski definition) is 2. The van der Waals surface area contributed by atoms with Gasteiger partial charge in [-0.2, -0.15) is 11.8 Å². The number of rotatable bonds is 5. The molecule has 2 heterocycles. The van der Waals surface area contributed by atoms with Crippen LogP contribution in [0.5, 0.6) is 0 Å². The lowest BCUT2D eigenvalue weighted by molar-refractivity contribution is -0.123. The molecule has 20 heavy (non-hydrogen) atoms. The van der Waals surface area contributed by atoms with E-state index in [2.05, 4.69) is 5.32 Å². The summed E-state index contributed by atoms with van der Waals surface area (Å²) >= 11 is 1.96. The lowest BCUT2D eigenvalue weighted by Gasteiger charge is -2.23. The Hall–Kier alpha value is -0.940. The third-order valence-corrected chi connectivity index (χ3v) is 4.76. The van der Waals surface area contributed by atoms with Crippen molar-refractivity contribution in [3.8, 4) is 0 Å². The van der Waals surface area contributed by atoms with E-state index in [-0.39, 0.29) is 12.5 Å². The molecule has 1 aliphatic rings. The summed E-state index contributed by atoms with van der Waals surface area (Å²) in [5.41, 5.74) is -1.16. The van der Waals surface area contributed by atoms with Crippen LogP contribution in [0.25, 0.3) is 0 Å². The Kier molecular flexibility index (Phi) is 5.16. The van der Waals surface area contributed by atoms with Gasteiger partial charge in [-0.3, -0.25) is 4.79 Å². The van der Waals surface area contributed by atoms with Gasteiger partial charge >= 0.3 is 0 Å². The smallest absolute Gasteiger partial charge is 0.220 e. The molecule has 0 aliphatic carbocycles. The average Bonchev–Trinajstić information content (AvgIpc) is 2.85. The number of nitrogens with one attached hydrogen (secondary N) is 1. The molecule has 112 valence electrons. The molecule has 1 saturated heterocycles. The Balaban J connectivity index is 1.80. The molecule has 2 N–H and O–H groups in total. The van der Waals surface area contributed by atoms with Crippen molar-refractivity contribution in [1.29, 1.82) is 0 Å². The third-order valence-electron chi connectivity index (χ3n) is 3.72. The molecule has 0 radical (unpaired) electrons. The SMILES string of the molecule is Cc1ccc(C(C)(O)CNC(=O)CC2CCSCC2)o1. The fraction of sp³-hybridized carbons (Fsp3) is 0.667. The van der Waals surface area contributed by atoms with Crippen LogP contribution in [-0.4, -0.2) is 29.1 Å². The molecule has 4 nitrogen and oxygen atoms in total. The first kappa shape index (κ1) is 15.4. The molecular formula is C15H23NO3S. The van der Waals surface area contributed by atoms with Gasteiger partial charge in [-0.1, -0.05) is 0 Å². The maximum absolute atomic E-state index is 11.9. The van der Waals surface area contributed by atoms with Crippen molar-refractivity contribution >= 4 is 17.7 Å². The van der Waals surface area contributed by atoms with Crippen LogP contribution in [0.1, 0.15) is 37.7 Å². The van der Waals surface area contributed by atoms with Crippen molar-refractivity contribution < 1.29 is 14.3 Å². The van der Waals surface area contributed by atoms with Crippen LogP contribution in [0.2, 0.25) is 0 Å². The second kappa shape index (κ2) is 6.68. The molecule has 1 aliphatic heterocycles. The van der Waals surface area contributed by atoms with Gasteiger partial charge in [-0.25, -0.2) is 0 Å². The second-order valence-corrected chi connectivity index (χ2v) is 6.95. The van der Waals surface area contributed by atoms with E-state index in [1.54, 1.807) is 13.0 Å². The van der Waals surface area contributed by atoms with E-state index < -0.39 is 5.60 Å². The first-order valence-electron chi connectivity index (χ1n) is 7.11. The first-order valence-corrected chi connectivity index (χ1v) is 8.26. The number of carbonyl (C=O) groups is 1. The van der Waals surface area contributed by atoms with Crippen molar-refractivity contribution in [1.82, 2.24) is 5.32 Å². The highest BCUT2D eigenvalue weighted by molar-refractivity contribution is 7.99. The molecule has 1 unspecified atom stereocenters. The summed E-state index contributed by atoms with van der Waals surface area (Å²) in [7, 11) is 0. The van der Waals surface area contributed by atoms with Crippen molar-refractivity contribution in [2.45, 2.75) is 38.7 Å². The zero-order valence-electron chi connectivity index (χ0n) is 12.1. The summed E-state index contributed by atoms with van der Waals surface area (Å²) in [6.45, 7) is 3.67. The zero-order valence-corrected chi connectivity index (χ0v) is 13.0. The minimum atomic E-state index is -1.16. The number of furan rings is 1. The Bertz CT molecular complexity index is 450. The largest absolute Gasteiger partial charge is 0.463 e. The highest BCUT2D eigenvalue weighted by Crippen LogP contribution is 2.25. The molecule has 1 aromatic heterocycles. The molecule has 0 bridgehead atoms.